The molecule has 2 aromatic rings. The summed E-state index contributed by atoms with van der Waals surface area (Å²) < 4.78 is 1.68. The third kappa shape index (κ3) is 2.89. The first-order valence-electron chi connectivity index (χ1n) is 8.23. The van der Waals surface area contributed by atoms with Gasteiger partial charge < -0.3 is 10.2 Å². The average Bonchev–Trinajstić information content (AvgIpc) is 3.14. The molecule has 0 aromatic carbocycles. The zero-order valence-electron chi connectivity index (χ0n) is 13.3. The lowest BCUT2D eigenvalue weighted by Crippen LogP contribution is -2.33. The van der Waals surface area contributed by atoms with Gasteiger partial charge in [-0.3, -0.25) is 9.59 Å². The zero-order valence-corrected chi connectivity index (χ0v) is 13.3. The third-order valence-corrected chi connectivity index (χ3v) is 4.56. The van der Waals surface area contributed by atoms with E-state index >= 15 is 0 Å². The van der Waals surface area contributed by atoms with Crippen LogP contribution >= 0.6 is 0 Å². The number of pyridine rings is 1. The minimum Gasteiger partial charge on any atom is -0.352 e. The van der Waals surface area contributed by atoms with Gasteiger partial charge in [0.2, 0.25) is 11.8 Å². The summed E-state index contributed by atoms with van der Waals surface area (Å²) in [5, 5.41) is 7.13. The summed E-state index contributed by atoms with van der Waals surface area (Å²) in [6.07, 6.45) is 7.67. The molecule has 1 N–H and O–H groups in total. The lowest BCUT2D eigenvalue weighted by molar-refractivity contribution is -0.129. The highest BCUT2D eigenvalue weighted by molar-refractivity contribution is 5.89. The van der Waals surface area contributed by atoms with Gasteiger partial charge in [-0.2, -0.15) is 5.10 Å². The Morgan fingerprint density at radius 2 is 2.17 bits per heavy atom. The quantitative estimate of drug-likeness (QED) is 0.885. The number of amides is 2. The Bertz CT molecular complexity index is 754. The first kappa shape index (κ1) is 14.9. The highest BCUT2D eigenvalue weighted by Crippen LogP contribution is 2.32. The molecule has 2 amide bonds. The number of hydrogen-bond donors (Lipinski definition) is 1. The molecule has 2 aliphatic rings. The lowest BCUT2D eigenvalue weighted by atomic mass is 10.1. The van der Waals surface area contributed by atoms with Gasteiger partial charge in [0, 0.05) is 49.7 Å². The highest BCUT2D eigenvalue weighted by atomic mass is 16.2. The van der Waals surface area contributed by atoms with E-state index in [0.29, 0.717) is 31.4 Å². The molecule has 1 unspecified atom stereocenters. The normalized spacial score (nSPS) is 20.4. The van der Waals surface area contributed by atoms with E-state index in [1.165, 1.54) is 0 Å². The molecule has 3 heterocycles. The Morgan fingerprint density at radius 1 is 1.29 bits per heavy atom. The van der Waals surface area contributed by atoms with Gasteiger partial charge in [-0.15, -0.1) is 0 Å². The number of hydrogen-bond acceptors (Lipinski definition) is 4. The van der Waals surface area contributed by atoms with Crippen molar-refractivity contribution in [1.82, 2.24) is 25.0 Å². The molecule has 4 rings (SSSR count). The molecule has 2 aromatic heterocycles. The molecular formula is C17H19N5O2. The average molecular weight is 325 g/mol. The standard InChI is InChI=1S/C17H19N5O2/c23-15-9-13(11-21(15)14-4-5-14)17(24)19-10-12-3-1-6-18-16(12)22-8-2-7-20-22/h1-3,6-8,13-14H,4-5,9-11H2,(H,19,24). The summed E-state index contributed by atoms with van der Waals surface area (Å²) in [4.78, 5) is 30.6. The summed E-state index contributed by atoms with van der Waals surface area (Å²) in [5.74, 6) is 0.492. The fourth-order valence-corrected chi connectivity index (χ4v) is 3.14. The number of nitrogens with one attached hydrogen (secondary N) is 1. The van der Waals surface area contributed by atoms with Crippen molar-refractivity contribution in [3.8, 4) is 5.82 Å². The van der Waals surface area contributed by atoms with Gasteiger partial charge >= 0.3 is 0 Å². The van der Waals surface area contributed by atoms with E-state index in [-0.39, 0.29) is 17.7 Å². The summed E-state index contributed by atoms with van der Waals surface area (Å²) in [5.41, 5.74) is 0.887. The van der Waals surface area contributed by atoms with Gasteiger partial charge in [0.05, 0.1) is 5.92 Å². The minimum atomic E-state index is -0.247. The maximum Gasteiger partial charge on any atom is 0.225 e. The first-order valence-corrected chi connectivity index (χ1v) is 8.23. The van der Waals surface area contributed by atoms with E-state index in [0.717, 1.165) is 18.4 Å². The van der Waals surface area contributed by atoms with Crippen LogP contribution in [-0.2, 0) is 16.1 Å². The predicted octanol–water partition coefficient (Wildman–Crippen LogP) is 0.894. The van der Waals surface area contributed by atoms with Crippen LogP contribution in [0.4, 0.5) is 0 Å². The minimum absolute atomic E-state index is 0.0678. The van der Waals surface area contributed by atoms with E-state index in [2.05, 4.69) is 15.4 Å². The molecule has 0 spiro atoms. The maximum absolute atomic E-state index is 12.4. The van der Waals surface area contributed by atoms with Gasteiger partial charge in [0.25, 0.3) is 0 Å². The Morgan fingerprint density at radius 3 is 2.92 bits per heavy atom. The highest BCUT2D eigenvalue weighted by Gasteiger charge is 2.41. The van der Waals surface area contributed by atoms with E-state index in [1.807, 2.05) is 29.3 Å². The smallest absolute Gasteiger partial charge is 0.225 e. The lowest BCUT2D eigenvalue weighted by Gasteiger charge is -2.15. The third-order valence-electron chi connectivity index (χ3n) is 4.56. The van der Waals surface area contributed by atoms with Crippen LogP contribution in [0, 0.1) is 5.92 Å². The molecule has 24 heavy (non-hydrogen) atoms. The van der Waals surface area contributed by atoms with Crippen molar-refractivity contribution in [2.45, 2.75) is 31.8 Å². The monoisotopic (exact) mass is 325 g/mol. The maximum atomic E-state index is 12.4. The second-order valence-corrected chi connectivity index (χ2v) is 6.33. The number of nitrogens with zero attached hydrogens (tertiary/aromatic N) is 4. The molecule has 124 valence electrons. The van der Waals surface area contributed by atoms with Crippen LogP contribution in [0.1, 0.15) is 24.8 Å². The van der Waals surface area contributed by atoms with E-state index in [4.69, 9.17) is 0 Å². The number of rotatable bonds is 5. The Hall–Kier alpha value is -2.70. The molecule has 1 saturated heterocycles. The predicted molar refractivity (Wildman–Crippen MR) is 86.0 cm³/mol. The largest absolute Gasteiger partial charge is 0.352 e. The van der Waals surface area contributed by atoms with Gasteiger partial charge in [-0.25, -0.2) is 9.67 Å². The molecule has 1 aliphatic carbocycles. The first-order chi connectivity index (χ1) is 11.7. The molecular weight excluding hydrogens is 306 g/mol. The van der Waals surface area contributed by atoms with Crippen molar-refractivity contribution >= 4 is 11.8 Å². The van der Waals surface area contributed by atoms with Crippen LogP contribution < -0.4 is 5.32 Å². The number of likely N-dealkylation sites (tertiary alicyclic amines) is 1. The molecule has 0 radical (unpaired) electrons. The number of carbonyl (C=O) groups excluding carboxylic acids is 2. The number of aromatic nitrogens is 3. The summed E-state index contributed by atoms with van der Waals surface area (Å²) in [6, 6.07) is 5.96. The molecule has 1 atom stereocenters. The van der Waals surface area contributed by atoms with Crippen molar-refractivity contribution in [2.75, 3.05) is 6.54 Å². The Kier molecular flexibility index (Phi) is 3.76. The SMILES string of the molecule is O=C(NCc1cccnc1-n1cccn1)C1CC(=O)N(C2CC2)C1. The van der Waals surface area contributed by atoms with Crippen LogP contribution in [0.3, 0.4) is 0 Å². The molecule has 2 fully saturated rings. The van der Waals surface area contributed by atoms with Crippen LogP contribution in [0.15, 0.2) is 36.8 Å². The molecule has 1 aliphatic heterocycles. The van der Waals surface area contributed by atoms with Crippen molar-refractivity contribution in [3.63, 3.8) is 0 Å². The molecule has 7 heteroatoms. The van der Waals surface area contributed by atoms with Crippen LogP contribution in [0.25, 0.3) is 5.82 Å². The van der Waals surface area contributed by atoms with E-state index < -0.39 is 0 Å². The van der Waals surface area contributed by atoms with E-state index in [1.54, 1.807) is 17.1 Å². The van der Waals surface area contributed by atoms with Gasteiger partial charge in [-0.05, 0) is 25.0 Å². The fourth-order valence-electron chi connectivity index (χ4n) is 3.14. The second kappa shape index (κ2) is 6.07. The van der Waals surface area contributed by atoms with Gasteiger partial charge in [0.1, 0.15) is 0 Å². The fraction of sp³-hybridized carbons (Fsp3) is 0.412. The topological polar surface area (TPSA) is 80.1 Å². The second-order valence-electron chi connectivity index (χ2n) is 6.33. The van der Waals surface area contributed by atoms with Crippen molar-refractivity contribution in [2.24, 2.45) is 5.92 Å². The van der Waals surface area contributed by atoms with Crippen molar-refractivity contribution < 1.29 is 9.59 Å². The Labute approximate surface area is 139 Å². The van der Waals surface area contributed by atoms with E-state index in [9.17, 15) is 9.59 Å². The molecule has 0 bridgehead atoms. The summed E-state index contributed by atoms with van der Waals surface area (Å²) in [6.45, 7) is 0.921. The zero-order chi connectivity index (χ0) is 16.5. The molecule has 1 saturated carbocycles. The van der Waals surface area contributed by atoms with Crippen molar-refractivity contribution in [3.05, 3.63) is 42.4 Å². The Balaban J connectivity index is 1.40. The van der Waals surface area contributed by atoms with Gasteiger partial charge in [-0.1, -0.05) is 6.07 Å². The van der Waals surface area contributed by atoms with Crippen LogP contribution in [0.2, 0.25) is 0 Å². The van der Waals surface area contributed by atoms with Gasteiger partial charge in [0.15, 0.2) is 5.82 Å². The summed E-state index contributed by atoms with van der Waals surface area (Å²) in [7, 11) is 0. The van der Waals surface area contributed by atoms with Crippen LogP contribution in [0.5, 0.6) is 0 Å². The summed E-state index contributed by atoms with van der Waals surface area (Å²) >= 11 is 0. The van der Waals surface area contributed by atoms with Crippen molar-refractivity contribution in [1.29, 1.82) is 0 Å². The molecule has 7 nitrogen and oxygen atoms in total. The van der Waals surface area contributed by atoms with Crippen LogP contribution in [-0.4, -0.2) is 44.1 Å². The number of carbonyl (C=O) groups is 2.